The van der Waals surface area contributed by atoms with Gasteiger partial charge < -0.3 is 14.8 Å². The van der Waals surface area contributed by atoms with Crippen LogP contribution in [-0.4, -0.2) is 6.61 Å². The monoisotopic (exact) mass is 419 g/mol. The summed E-state index contributed by atoms with van der Waals surface area (Å²) in [6, 6.07) is 17.5. The van der Waals surface area contributed by atoms with Crippen LogP contribution in [0.25, 0.3) is 0 Å². The van der Waals surface area contributed by atoms with Crippen molar-refractivity contribution < 1.29 is 13.9 Å². The molecule has 0 radical (unpaired) electrons. The molecule has 1 N–H and O–H groups in total. The topological polar surface area (TPSA) is 30.5 Å². The Morgan fingerprint density at radius 3 is 2.50 bits per heavy atom. The smallest absolute Gasteiger partial charge is 0.180 e. The van der Waals surface area contributed by atoms with E-state index >= 15 is 0 Å². The highest BCUT2D eigenvalue weighted by Crippen LogP contribution is 2.37. The minimum absolute atomic E-state index is 0.192. The van der Waals surface area contributed by atoms with Gasteiger partial charge in [-0.2, -0.15) is 0 Å². The molecule has 0 aromatic heterocycles. The largest absolute Gasteiger partial charge is 0.490 e. The first kappa shape index (κ1) is 20.3. The van der Waals surface area contributed by atoms with Crippen LogP contribution in [0.4, 0.5) is 10.1 Å². The van der Waals surface area contributed by atoms with Crippen molar-refractivity contribution in [3.63, 3.8) is 0 Å². The molecule has 0 unspecified atom stereocenters. The Hall–Kier alpha value is -2.43. The number of hydrogen-bond acceptors (Lipinski definition) is 3. The summed E-state index contributed by atoms with van der Waals surface area (Å²) in [5, 5.41) is 4.40. The summed E-state index contributed by atoms with van der Waals surface area (Å²) < 4.78 is 24.9. The molecule has 6 heteroatoms. The van der Waals surface area contributed by atoms with E-state index < -0.39 is 0 Å². The van der Waals surface area contributed by atoms with E-state index in [2.05, 4.69) is 5.32 Å². The molecular formula is C22H20Cl2FNO2. The maximum absolute atomic E-state index is 13.4. The first-order valence-electron chi connectivity index (χ1n) is 8.87. The molecule has 0 saturated carbocycles. The molecule has 0 amide bonds. The predicted octanol–water partition coefficient (Wildman–Crippen LogP) is 6.72. The van der Waals surface area contributed by atoms with Crippen molar-refractivity contribution in [3.8, 4) is 11.5 Å². The summed E-state index contributed by atoms with van der Waals surface area (Å²) in [5.74, 6) is 0.688. The molecule has 0 atom stereocenters. The maximum atomic E-state index is 13.4. The van der Waals surface area contributed by atoms with Gasteiger partial charge in [-0.05, 0) is 60.5 Å². The maximum Gasteiger partial charge on any atom is 0.180 e. The van der Waals surface area contributed by atoms with E-state index in [1.807, 2.05) is 43.3 Å². The fourth-order valence-electron chi connectivity index (χ4n) is 2.71. The van der Waals surface area contributed by atoms with Crippen LogP contribution in [0, 0.1) is 5.82 Å². The lowest BCUT2D eigenvalue weighted by atomic mass is 10.2. The van der Waals surface area contributed by atoms with Crippen LogP contribution in [0.3, 0.4) is 0 Å². The quantitative estimate of drug-likeness (QED) is 0.439. The normalized spacial score (nSPS) is 10.6. The van der Waals surface area contributed by atoms with Crippen molar-refractivity contribution in [3.05, 3.63) is 87.7 Å². The Labute approximate surface area is 174 Å². The number of ether oxygens (including phenoxy) is 2. The predicted molar refractivity (Wildman–Crippen MR) is 112 cm³/mol. The Morgan fingerprint density at radius 2 is 1.75 bits per heavy atom. The van der Waals surface area contributed by atoms with Crippen LogP contribution in [0.15, 0.2) is 60.7 Å². The van der Waals surface area contributed by atoms with Crippen molar-refractivity contribution in [2.45, 2.75) is 20.1 Å². The lowest BCUT2D eigenvalue weighted by Gasteiger charge is -2.16. The number of rotatable bonds is 8. The molecule has 3 nitrogen and oxygen atoms in total. The summed E-state index contributed by atoms with van der Waals surface area (Å²) in [4.78, 5) is 0. The minimum Gasteiger partial charge on any atom is -0.490 e. The molecule has 3 aromatic rings. The molecule has 0 fully saturated rings. The highest BCUT2D eigenvalue weighted by atomic mass is 35.5. The lowest BCUT2D eigenvalue weighted by molar-refractivity contribution is 0.269. The standard InChI is InChI=1S/C22H20Cl2FNO2/c1-2-27-21-11-16(13-26-19-8-4-6-17(23)12-19)10-20(24)22(21)28-14-15-5-3-7-18(25)9-15/h3-12,26H,2,13-14H2,1H3. The zero-order valence-corrected chi connectivity index (χ0v) is 16.9. The van der Waals surface area contributed by atoms with E-state index in [0.717, 1.165) is 11.3 Å². The van der Waals surface area contributed by atoms with E-state index in [1.165, 1.54) is 12.1 Å². The van der Waals surface area contributed by atoms with E-state index in [9.17, 15) is 4.39 Å². The van der Waals surface area contributed by atoms with Crippen molar-refractivity contribution in [1.82, 2.24) is 0 Å². The molecule has 3 rings (SSSR count). The number of nitrogens with one attached hydrogen (secondary N) is 1. The van der Waals surface area contributed by atoms with Crippen molar-refractivity contribution in [1.29, 1.82) is 0 Å². The fraction of sp³-hybridized carbons (Fsp3) is 0.182. The van der Waals surface area contributed by atoms with Gasteiger partial charge in [0.25, 0.3) is 0 Å². The molecule has 0 aliphatic carbocycles. The van der Waals surface area contributed by atoms with Gasteiger partial charge in [0.1, 0.15) is 12.4 Å². The van der Waals surface area contributed by atoms with Gasteiger partial charge in [-0.1, -0.05) is 41.4 Å². The van der Waals surface area contributed by atoms with E-state index in [-0.39, 0.29) is 12.4 Å². The van der Waals surface area contributed by atoms with Gasteiger partial charge in [-0.15, -0.1) is 0 Å². The molecule has 146 valence electrons. The molecule has 0 spiro atoms. The molecule has 0 saturated heterocycles. The third-order valence-corrected chi connectivity index (χ3v) is 4.48. The molecule has 0 aliphatic heterocycles. The van der Waals surface area contributed by atoms with Crippen LogP contribution in [-0.2, 0) is 13.2 Å². The number of halogens is 3. The SMILES string of the molecule is CCOc1cc(CNc2cccc(Cl)c2)cc(Cl)c1OCc1cccc(F)c1. The summed E-state index contributed by atoms with van der Waals surface area (Å²) in [6.07, 6.45) is 0. The first-order chi connectivity index (χ1) is 13.5. The van der Waals surface area contributed by atoms with Crippen molar-refractivity contribution >= 4 is 28.9 Å². The van der Waals surface area contributed by atoms with Gasteiger partial charge in [0, 0.05) is 17.3 Å². The zero-order chi connectivity index (χ0) is 19.9. The zero-order valence-electron chi connectivity index (χ0n) is 15.3. The van der Waals surface area contributed by atoms with E-state index in [4.69, 9.17) is 32.7 Å². The van der Waals surface area contributed by atoms with Gasteiger partial charge in [-0.3, -0.25) is 0 Å². The fourth-order valence-corrected chi connectivity index (χ4v) is 3.19. The number of benzene rings is 3. The van der Waals surface area contributed by atoms with Gasteiger partial charge in [0.2, 0.25) is 0 Å². The van der Waals surface area contributed by atoms with Crippen LogP contribution < -0.4 is 14.8 Å². The second-order valence-electron chi connectivity index (χ2n) is 6.12. The second kappa shape index (κ2) is 9.67. The lowest BCUT2D eigenvalue weighted by Crippen LogP contribution is -2.04. The number of anilines is 1. The van der Waals surface area contributed by atoms with E-state index in [1.54, 1.807) is 12.1 Å². The summed E-state index contributed by atoms with van der Waals surface area (Å²) >= 11 is 12.5. The Morgan fingerprint density at radius 1 is 0.929 bits per heavy atom. The second-order valence-corrected chi connectivity index (χ2v) is 6.96. The minimum atomic E-state index is -0.306. The molecule has 0 bridgehead atoms. The average Bonchev–Trinajstić information content (AvgIpc) is 2.66. The van der Waals surface area contributed by atoms with Crippen LogP contribution in [0.5, 0.6) is 11.5 Å². The van der Waals surface area contributed by atoms with Crippen LogP contribution in [0.1, 0.15) is 18.1 Å². The van der Waals surface area contributed by atoms with Crippen LogP contribution >= 0.6 is 23.2 Å². The first-order valence-corrected chi connectivity index (χ1v) is 9.62. The molecular weight excluding hydrogens is 400 g/mol. The summed E-state index contributed by atoms with van der Waals surface area (Å²) in [6.45, 7) is 3.10. The van der Waals surface area contributed by atoms with Gasteiger partial charge >= 0.3 is 0 Å². The van der Waals surface area contributed by atoms with Gasteiger partial charge in [0.05, 0.1) is 11.6 Å². The average molecular weight is 420 g/mol. The Bertz CT molecular complexity index is 950. The third kappa shape index (κ3) is 5.54. The molecule has 0 heterocycles. The van der Waals surface area contributed by atoms with Gasteiger partial charge in [0.15, 0.2) is 11.5 Å². The summed E-state index contributed by atoms with van der Waals surface area (Å²) in [7, 11) is 0. The Kier molecular flexibility index (Phi) is 7.01. The third-order valence-electron chi connectivity index (χ3n) is 3.96. The highest BCUT2D eigenvalue weighted by molar-refractivity contribution is 6.32. The molecule has 3 aromatic carbocycles. The molecule has 28 heavy (non-hydrogen) atoms. The number of hydrogen-bond donors (Lipinski definition) is 1. The van der Waals surface area contributed by atoms with Crippen molar-refractivity contribution in [2.24, 2.45) is 0 Å². The summed E-state index contributed by atoms with van der Waals surface area (Å²) in [5.41, 5.74) is 2.56. The Balaban J connectivity index is 1.75. The van der Waals surface area contributed by atoms with Gasteiger partial charge in [-0.25, -0.2) is 4.39 Å². The molecule has 0 aliphatic rings. The highest BCUT2D eigenvalue weighted by Gasteiger charge is 2.13. The van der Waals surface area contributed by atoms with E-state index in [0.29, 0.717) is 40.3 Å². The van der Waals surface area contributed by atoms with Crippen LogP contribution in [0.2, 0.25) is 10.0 Å². The van der Waals surface area contributed by atoms with Crippen molar-refractivity contribution in [2.75, 3.05) is 11.9 Å².